The Bertz CT molecular complexity index is 499. The van der Waals surface area contributed by atoms with Gasteiger partial charge in [-0.05, 0) is 12.5 Å². The first-order chi connectivity index (χ1) is 8.83. The number of para-hydroxylation sites is 1. The quantitative estimate of drug-likeness (QED) is 0.755. The van der Waals surface area contributed by atoms with Crippen molar-refractivity contribution in [3.8, 4) is 5.75 Å². The number of alkyl halides is 1. The number of hydrogen-bond donors (Lipinski definition) is 0. The molecule has 4 nitrogen and oxygen atoms in total. The molecule has 0 aliphatic heterocycles. The molecule has 1 aromatic heterocycles. The molecule has 0 radical (unpaired) electrons. The molecule has 0 saturated carbocycles. The van der Waals surface area contributed by atoms with Gasteiger partial charge in [-0.1, -0.05) is 18.2 Å². The van der Waals surface area contributed by atoms with Crippen LogP contribution in [0.2, 0.25) is 0 Å². The fourth-order valence-corrected chi connectivity index (χ4v) is 1.82. The highest BCUT2D eigenvalue weighted by Crippen LogP contribution is 2.20. The minimum Gasteiger partial charge on any atom is -0.496 e. The smallest absolute Gasteiger partial charge is 0.221 e. The van der Waals surface area contributed by atoms with E-state index in [2.05, 4.69) is 10.2 Å². The van der Waals surface area contributed by atoms with Crippen molar-refractivity contribution in [3.05, 3.63) is 41.6 Å². The number of aryl methyl sites for hydroxylation is 1. The van der Waals surface area contributed by atoms with E-state index in [1.807, 2.05) is 24.3 Å². The topological polar surface area (TPSA) is 48.2 Å². The van der Waals surface area contributed by atoms with Crippen LogP contribution in [-0.4, -0.2) is 23.2 Å². The predicted molar refractivity (Wildman–Crippen MR) is 69.1 cm³/mol. The summed E-state index contributed by atoms with van der Waals surface area (Å²) in [5.41, 5.74) is 1.03. The van der Waals surface area contributed by atoms with Crippen LogP contribution >= 0.6 is 11.6 Å². The summed E-state index contributed by atoms with van der Waals surface area (Å²) in [5.74, 6) is 2.67. The molecule has 0 N–H and O–H groups in total. The van der Waals surface area contributed by atoms with Gasteiger partial charge in [0.05, 0.1) is 13.5 Å². The maximum Gasteiger partial charge on any atom is 0.221 e. The largest absolute Gasteiger partial charge is 0.496 e. The van der Waals surface area contributed by atoms with Gasteiger partial charge in [0.1, 0.15) is 5.75 Å². The number of halogens is 1. The number of aromatic nitrogens is 2. The lowest BCUT2D eigenvalue weighted by molar-refractivity contribution is 0.406. The third-order valence-electron chi connectivity index (χ3n) is 2.57. The average molecular weight is 267 g/mol. The van der Waals surface area contributed by atoms with Crippen LogP contribution in [0.15, 0.2) is 28.7 Å². The van der Waals surface area contributed by atoms with E-state index in [0.29, 0.717) is 24.1 Å². The van der Waals surface area contributed by atoms with Crippen LogP contribution in [0, 0.1) is 0 Å². The zero-order valence-corrected chi connectivity index (χ0v) is 11.0. The van der Waals surface area contributed by atoms with E-state index < -0.39 is 0 Å². The van der Waals surface area contributed by atoms with Crippen molar-refractivity contribution in [1.29, 1.82) is 0 Å². The number of methoxy groups -OCH3 is 1. The predicted octanol–water partition coefficient (Wildman–Crippen LogP) is 2.84. The summed E-state index contributed by atoms with van der Waals surface area (Å²) >= 11 is 5.62. The fraction of sp³-hybridized carbons (Fsp3) is 0.385. The average Bonchev–Trinajstić information content (AvgIpc) is 2.84. The number of hydrogen-bond acceptors (Lipinski definition) is 4. The first-order valence-corrected chi connectivity index (χ1v) is 6.36. The first-order valence-electron chi connectivity index (χ1n) is 5.82. The highest BCUT2D eigenvalue weighted by atomic mass is 35.5. The zero-order valence-electron chi connectivity index (χ0n) is 10.2. The molecule has 1 aromatic carbocycles. The summed E-state index contributed by atoms with van der Waals surface area (Å²) in [4.78, 5) is 0. The van der Waals surface area contributed by atoms with Crippen LogP contribution in [0.4, 0.5) is 0 Å². The van der Waals surface area contributed by atoms with E-state index in [4.69, 9.17) is 20.8 Å². The van der Waals surface area contributed by atoms with Crippen LogP contribution in [0.25, 0.3) is 0 Å². The summed E-state index contributed by atoms with van der Waals surface area (Å²) in [6.45, 7) is 0. The summed E-state index contributed by atoms with van der Waals surface area (Å²) in [7, 11) is 1.65. The fourth-order valence-electron chi connectivity index (χ4n) is 1.69. The monoisotopic (exact) mass is 266 g/mol. The van der Waals surface area contributed by atoms with E-state index in [1.165, 1.54) is 0 Å². The molecule has 5 heteroatoms. The first kappa shape index (κ1) is 12.9. The van der Waals surface area contributed by atoms with Gasteiger partial charge in [-0.15, -0.1) is 21.8 Å². The second-order valence-electron chi connectivity index (χ2n) is 3.87. The van der Waals surface area contributed by atoms with Gasteiger partial charge >= 0.3 is 0 Å². The maximum atomic E-state index is 5.62. The van der Waals surface area contributed by atoms with Gasteiger partial charge in [0.25, 0.3) is 0 Å². The van der Waals surface area contributed by atoms with E-state index in [9.17, 15) is 0 Å². The molecule has 0 aliphatic carbocycles. The Morgan fingerprint density at radius 2 is 2.00 bits per heavy atom. The van der Waals surface area contributed by atoms with E-state index in [1.54, 1.807) is 7.11 Å². The van der Waals surface area contributed by atoms with Crippen molar-refractivity contribution in [3.63, 3.8) is 0 Å². The van der Waals surface area contributed by atoms with E-state index >= 15 is 0 Å². The summed E-state index contributed by atoms with van der Waals surface area (Å²) in [5, 5.41) is 8.01. The summed E-state index contributed by atoms with van der Waals surface area (Å²) < 4.78 is 10.8. The highest BCUT2D eigenvalue weighted by molar-refractivity contribution is 6.17. The Morgan fingerprint density at radius 1 is 1.22 bits per heavy atom. The van der Waals surface area contributed by atoms with Gasteiger partial charge in [0.15, 0.2) is 0 Å². The molecule has 2 rings (SSSR count). The Labute approximate surface area is 111 Å². The molecule has 0 fully saturated rings. The minimum absolute atomic E-state index is 0.581. The van der Waals surface area contributed by atoms with Crippen molar-refractivity contribution < 1.29 is 9.15 Å². The SMILES string of the molecule is COc1ccccc1Cc1nnc(CCCCl)o1. The van der Waals surface area contributed by atoms with Crippen molar-refractivity contribution in [2.75, 3.05) is 13.0 Å². The molecule has 0 saturated heterocycles. The van der Waals surface area contributed by atoms with Crippen molar-refractivity contribution >= 4 is 11.6 Å². The second kappa shape index (κ2) is 6.40. The Kier molecular flexibility index (Phi) is 4.59. The Hall–Kier alpha value is -1.55. The van der Waals surface area contributed by atoms with Gasteiger partial charge in [0.2, 0.25) is 11.8 Å². The number of benzene rings is 1. The molecule has 0 spiro atoms. The standard InChI is InChI=1S/C13H15ClN2O2/c1-17-11-6-3-2-5-10(11)9-13-16-15-12(18-13)7-4-8-14/h2-3,5-6H,4,7-9H2,1H3. The number of ether oxygens (including phenoxy) is 1. The molecule has 18 heavy (non-hydrogen) atoms. The zero-order chi connectivity index (χ0) is 12.8. The lowest BCUT2D eigenvalue weighted by atomic mass is 10.1. The molecule has 0 bridgehead atoms. The van der Waals surface area contributed by atoms with Crippen LogP contribution in [0.5, 0.6) is 5.75 Å². The maximum absolute atomic E-state index is 5.62. The summed E-state index contributed by atoms with van der Waals surface area (Å²) in [6, 6.07) is 7.80. The highest BCUT2D eigenvalue weighted by Gasteiger charge is 2.09. The van der Waals surface area contributed by atoms with Crippen molar-refractivity contribution in [2.45, 2.75) is 19.3 Å². The van der Waals surface area contributed by atoms with Crippen LogP contribution in [-0.2, 0) is 12.8 Å². The lowest BCUT2D eigenvalue weighted by Crippen LogP contribution is -1.93. The van der Waals surface area contributed by atoms with Crippen LogP contribution < -0.4 is 4.74 Å². The molecule has 0 unspecified atom stereocenters. The Balaban J connectivity index is 2.06. The lowest BCUT2D eigenvalue weighted by Gasteiger charge is -2.05. The molecule has 0 amide bonds. The van der Waals surface area contributed by atoms with Crippen LogP contribution in [0.1, 0.15) is 23.8 Å². The molecule has 96 valence electrons. The third kappa shape index (κ3) is 3.23. The minimum atomic E-state index is 0.581. The van der Waals surface area contributed by atoms with E-state index in [-0.39, 0.29) is 0 Å². The Morgan fingerprint density at radius 3 is 2.78 bits per heavy atom. The molecule has 1 heterocycles. The van der Waals surface area contributed by atoms with Crippen LogP contribution in [0.3, 0.4) is 0 Å². The number of rotatable bonds is 6. The normalized spacial score (nSPS) is 10.6. The van der Waals surface area contributed by atoms with Gasteiger partial charge in [-0.3, -0.25) is 0 Å². The van der Waals surface area contributed by atoms with E-state index in [0.717, 1.165) is 24.2 Å². The van der Waals surface area contributed by atoms with Crippen molar-refractivity contribution in [2.24, 2.45) is 0 Å². The van der Waals surface area contributed by atoms with Gasteiger partial charge in [-0.2, -0.15) is 0 Å². The van der Waals surface area contributed by atoms with Crippen molar-refractivity contribution in [1.82, 2.24) is 10.2 Å². The summed E-state index contributed by atoms with van der Waals surface area (Å²) in [6.07, 6.45) is 2.15. The van der Waals surface area contributed by atoms with Gasteiger partial charge in [-0.25, -0.2) is 0 Å². The van der Waals surface area contributed by atoms with Gasteiger partial charge < -0.3 is 9.15 Å². The molecule has 2 aromatic rings. The molecular weight excluding hydrogens is 252 g/mol. The third-order valence-corrected chi connectivity index (χ3v) is 2.83. The van der Waals surface area contributed by atoms with Gasteiger partial charge in [0, 0.05) is 17.9 Å². The number of nitrogens with zero attached hydrogens (tertiary/aromatic N) is 2. The molecule has 0 atom stereocenters. The second-order valence-corrected chi connectivity index (χ2v) is 4.25. The molecular formula is C13H15ClN2O2. The molecule has 0 aliphatic rings.